The van der Waals surface area contributed by atoms with Crippen LogP contribution in [0, 0.1) is 5.92 Å². The molecule has 0 aromatic heterocycles. The monoisotopic (exact) mass is 771 g/mol. The zero-order chi connectivity index (χ0) is 39.8. The van der Waals surface area contributed by atoms with Gasteiger partial charge in [-0.25, -0.2) is 0 Å². The van der Waals surface area contributed by atoms with Gasteiger partial charge in [0.2, 0.25) is 35.4 Å². The van der Waals surface area contributed by atoms with Crippen molar-refractivity contribution >= 4 is 41.4 Å². The lowest BCUT2D eigenvalue weighted by Crippen LogP contribution is -2.62. The van der Waals surface area contributed by atoms with E-state index in [9.17, 15) is 29.1 Å². The summed E-state index contributed by atoms with van der Waals surface area (Å²) in [6, 6.07) is 10.2. The molecule has 4 aliphatic rings. The van der Waals surface area contributed by atoms with Gasteiger partial charge in [-0.3, -0.25) is 33.8 Å². The van der Waals surface area contributed by atoms with Crippen LogP contribution in [0.2, 0.25) is 0 Å². The Morgan fingerprint density at radius 1 is 0.786 bits per heavy atom. The van der Waals surface area contributed by atoms with E-state index in [2.05, 4.69) is 26.3 Å². The van der Waals surface area contributed by atoms with Crippen molar-refractivity contribution in [2.75, 3.05) is 19.7 Å². The smallest absolute Gasteiger partial charge is 0.248 e. The van der Waals surface area contributed by atoms with Gasteiger partial charge in [-0.15, -0.1) is 0 Å². The number of carbonyl (C=O) groups is 6. The second kappa shape index (κ2) is 18.4. The van der Waals surface area contributed by atoms with Crippen LogP contribution >= 0.6 is 0 Å². The standard InChI is InChI=1S/C40H53N9O7/c41-40(42)44-19-8-15-28-35(52)43-18-9-17-33(51)47-34(24-10-2-1-3-11-24)37(54)46-29(23-50)38(55)48-22-27-14-5-4-12-25(27)20-32(48)39(56)49-30-16-7-6-13-26(30)21-31(49)36(53)45-28/h1-5,10-12,14,26,28-32,34,50H,6-9,13,15-23H2,(H,43,52)(H,45,53)(H,46,54)(H,47,51)(H4,41,42,44)/t26?,28-,29-,30?,31-,32+,34-/m0/s1. The molecule has 300 valence electrons. The Bertz CT molecular complexity index is 1800. The predicted octanol–water partition coefficient (Wildman–Crippen LogP) is -0.117. The third-order valence-electron chi connectivity index (χ3n) is 11.4. The van der Waals surface area contributed by atoms with Crippen molar-refractivity contribution < 1.29 is 33.9 Å². The molecule has 6 amide bonds. The lowest BCUT2D eigenvalue weighted by atomic mass is 9.84. The van der Waals surface area contributed by atoms with E-state index in [1.807, 2.05) is 24.3 Å². The molecule has 16 nitrogen and oxygen atoms in total. The van der Waals surface area contributed by atoms with Crippen LogP contribution in [0.1, 0.15) is 80.5 Å². The third kappa shape index (κ3) is 9.29. The fourth-order valence-electron chi connectivity index (χ4n) is 8.60. The summed E-state index contributed by atoms with van der Waals surface area (Å²) in [5.41, 5.74) is 13.2. The van der Waals surface area contributed by atoms with Crippen molar-refractivity contribution in [3.63, 3.8) is 0 Å². The molecular weight excluding hydrogens is 718 g/mol. The highest BCUT2D eigenvalue weighted by Crippen LogP contribution is 2.41. The highest BCUT2D eigenvalue weighted by molar-refractivity contribution is 5.97. The number of nitrogens with zero attached hydrogens (tertiary/aromatic N) is 3. The van der Waals surface area contributed by atoms with Gasteiger partial charge in [-0.05, 0) is 61.1 Å². The molecule has 6 rings (SSSR count). The number of hydrogen-bond acceptors (Lipinski definition) is 8. The summed E-state index contributed by atoms with van der Waals surface area (Å²) < 4.78 is 0. The average Bonchev–Trinajstić information content (AvgIpc) is 3.60. The second-order valence-corrected chi connectivity index (χ2v) is 15.1. The van der Waals surface area contributed by atoms with Gasteiger partial charge in [-0.1, -0.05) is 67.4 Å². The molecule has 3 fully saturated rings. The number of fused-ring (bicyclic) bond motifs is 5. The van der Waals surface area contributed by atoms with E-state index in [0.29, 0.717) is 24.8 Å². The van der Waals surface area contributed by atoms with Crippen LogP contribution < -0.4 is 32.7 Å². The van der Waals surface area contributed by atoms with Crippen LogP contribution in [0.15, 0.2) is 59.6 Å². The van der Waals surface area contributed by atoms with E-state index < -0.39 is 72.3 Å². The highest BCUT2D eigenvalue weighted by Gasteiger charge is 2.51. The molecule has 2 aromatic rings. The summed E-state index contributed by atoms with van der Waals surface area (Å²) in [5.74, 6) is -3.22. The van der Waals surface area contributed by atoms with Crippen molar-refractivity contribution in [1.82, 2.24) is 31.1 Å². The maximum atomic E-state index is 15.1. The van der Waals surface area contributed by atoms with Crippen LogP contribution in [0.25, 0.3) is 0 Å². The molecule has 0 spiro atoms. The van der Waals surface area contributed by atoms with Crippen LogP contribution in [0.3, 0.4) is 0 Å². The summed E-state index contributed by atoms with van der Waals surface area (Å²) >= 11 is 0. The van der Waals surface area contributed by atoms with E-state index in [1.54, 1.807) is 35.2 Å². The van der Waals surface area contributed by atoms with Gasteiger partial charge in [0, 0.05) is 38.5 Å². The zero-order valence-corrected chi connectivity index (χ0v) is 31.5. The van der Waals surface area contributed by atoms with E-state index in [4.69, 9.17) is 11.5 Å². The van der Waals surface area contributed by atoms with Gasteiger partial charge in [0.25, 0.3) is 0 Å². The van der Waals surface area contributed by atoms with Gasteiger partial charge in [0.1, 0.15) is 30.2 Å². The Hall–Kier alpha value is -5.51. The van der Waals surface area contributed by atoms with Crippen molar-refractivity contribution in [2.45, 2.75) is 107 Å². The quantitative estimate of drug-likeness (QED) is 0.118. The SMILES string of the molecule is NC(N)=NCCC[C@@H]1NC(=O)[C@@H]2CC3CCCCC3N2C(=O)[C@H]2Cc3ccccc3CN2C(=O)[C@H](CO)NC(=O)[C@H](c2ccccc2)NC(=O)CCCNC1=O. The number of aliphatic imine (C=N–C) groups is 1. The fraction of sp³-hybridized carbons (Fsp3) is 0.525. The van der Waals surface area contributed by atoms with Gasteiger partial charge >= 0.3 is 0 Å². The van der Waals surface area contributed by atoms with Crippen LogP contribution in [-0.2, 0) is 41.7 Å². The predicted molar refractivity (Wildman–Crippen MR) is 206 cm³/mol. The number of carbonyl (C=O) groups excluding carboxylic acids is 6. The number of rotatable bonds is 6. The lowest BCUT2D eigenvalue weighted by Gasteiger charge is -2.42. The first-order valence-corrected chi connectivity index (χ1v) is 19.6. The normalized spacial score (nSPS) is 28.0. The number of hydrogen-bond donors (Lipinski definition) is 7. The van der Waals surface area contributed by atoms with Gasteiger partial charge in [-0.2, -0.15) is 0 Å². The van der Waals surface area contributed by atoms with Gasteiger partial charge < -0.3 is 47.6 Å². The Labute approximate surface area is 326 Å². The minimum absolute atomic E-state index is 0.0352. The largest absolute Gasteiger partial charge is 0.394 e. The van der Waals surface area contributed by atoms with Gasteiger partial charge in [0.05, 0.1) is 6.61 Å². The van der Waals surface area contributed by atoms with Crippen molar-refractivity contribution in [3.05, 3.63) is 71.3 Å². The first-order valence-electron chi connectivity index (χ1n) is 19.6. The molecule has 56 heavy (non-hydrogen) atoms. The maximum absolute atomic E-state index is 15.1. The number of nitrogens with two attached hydrogens (primary N) is 2. The fourth-order valence-corrected chi connectivity index (χ4v) is 8.60. The van der Waals surface area contributed by atoms with E-state index >= 15 is 4.79 Å². The van der Waals surface area contributed by atoms with Crippen LogP contribution in [0.4, 0.5) is 0 Å². The van der Waals surface area contributed by atoms with E-state index in [-0.39, 0.29) is 63.2 Å². The number of nitrogens with one attached hydrogen (secondary N) is 4. The molecule has 16 heteroatoms. The lowest BCUT2D eigenvalue weighted by molar-refractivity contribution is -0.153. The summed E-state index contributed by atoms with van der Waals surface area (Å²) in [7, 11) is 0. The number of amides is 6. The summed E-state index contributed by atoms with van der Waals surface area (Å²) in [4.78, 5) is 91.8. The summed E-state index contributed by atoms with van der Waals surface area (Å²) in [6.07, 6.45) is 4.71. The van der Waals surface area contributed by atoms with Crippen molar-refractivity contribution in [1.29, 1.82) is 0 Å². The molecule has 3 heterocycles. The Balaban J connectivity index is 1.37. The van der Waals surface area contributed by atoms with E-state index in [0.717, 1.165) is 30.4 Å². The number of benzene rings is 2. The minimum atomic E-state index is -1.44. The minimum Gasteiger partial charge on any atom is -0.394 e. The summed E-state index contributed by atoms with van der Waals surface area (Å²) in [5, 5.41) is 21.7. The molecule has 7 atom stereocenters. The molecule has 9 N–H and O–H groups in total. The molecule has 1 aliphatic carbocycles. The van der Waals surface area contributed by atoms with E-state index in [1.165, 1.54) is 4.90 Å². The van der Waals surface area contributed by atoms with Crippen LogP contribution in [-0.4, -0.2) is 106 Å². The third-order valence-corrected chi connectivity index (χ3v) is 11.4. The molecule has 0 bridgehead atoms. The zero-order valence-electron chi connectivity index (χ0n) is 31.5. The Morgan fingerprint density at radius 3 is 2.25 bits per heavy atom. The number of aliphatic hydroxyl groups is 1. The molecule has 1 saturated carbocycles. The molecular formula is C40H53N9O7. The second-order valence-electron chi connectivity index (χ2n) is 15.1. The molecule has 3 aliphatic heterocycles. The van der Waals surface area contributed by atoms with Crippen molar-refractivity contribution in [3.8, 4) is 0 Å². The van der Waals surface area contributed by atoms with Crippen LogP contribution in [0.5, 0.6) is 0 Å². The number of guanidine groups is 1. The maximum Gasteiger partial charge on any atom is 0.248 e. The molecule has 2 unspecified atom stereocenters. The molecule has 2 saturated heterocycles. The first kappa shape index (κ1) is 40.2. The Kier molecular flexibility index (Phi) is 13.2. The summed E-state index contributed by atoms with van der Waals surface area (Å²) in [6.45, 7) is -0.387. The highest BCUT2D eigenvalue weighted by atomic mass is 16.3. The molecule has 2 aromatic carbocycles. The topological polar surface area (TPSA) is 242 Å². The molecule has 0 radical (unpaired) electrons. The van der Waals surface area contributed by atoms with Gasteiger partial charge in [0.15, 0.2) is 5.96 Å². The first-order chi connectivity index (χ1) is 27.0. The van der Waals surface area contributed by atoms with Crippen molar-refractivity contribution in [2.24, 2.45) is 22.4 Å². The average molecular weight is 772 g/mol. The number of aliphatic hydroxyl groups excluding tert-OH is 1. The Morgan fingerprint density at radius 2 is 1.50 bits per heavy atom.